The number of nitrogens with zero attached hydrogens (tertiary/aromatic N) is 2. The minimum atomic E-state index is -0.957. The number of ether oxygens (including phenoxy) is 1. The van der Waals surface area contributed by atoms with Crippen molar-refractivity contribution >= 4 is 5.97 Å². The van der Waals surface area contributed by atoms with Crippen molar-refractivity contribution in [3.63, 3.8) is 0 Å². The molecule has 0 aliphatic rings. The fourth-order valence-electron chi connectivity index (χ4n) is 1.60. The molecule has 94 valence electrons. The van der Waals surface area contributed by atoms with Crippen molar-refractivity contribution in [2.75, 3.05) is 0 Å². The fourth-order valence-corrected chi connectivity index (χ4v) is 1.60. The number of aryl methyl sites for hydroxylation is 2. The maximum atomic E-state index is 10.9. The molecule has 0 aliphatic heterocycles. The maximum absolute atomic E-state index is 10.9. The number of hydrogen-bond donors (Lipinski definition) is 1. The van der Waals surface area contributed by atoms with Gasteiger partial charge in [-0.05, 0) is 24.6 Å². The van der Waals surface area contributed by atoms with Crippen LogP contribution in [0.15, 0.2) is 30.6 Å². The Hall–Kier alpha value is -2.30. The van der Waals surface area contributed by atoms with Gasteiger partial charge in [0.25, 0.3) is 0 Å². The van der Waals surface area contributed by atoms with Crippen molar-refractivity contribution in [3.8, 4) is 5.75 Å². The predicted molar refractivity (Wildman–Crippen MR) is 65.7 cm³/mol. The third-order valence-electron chi connectivity index (χ3n) is 2.59. The van der Waals surface area contributed by atoms with Gasteiger partial charge in [0.15, 0.2) is 0 Å². The molecule has 1 aromatic heterocycles. The molecule has 0 unspecified atom stereocenters. The van der Waals surface area contributed by atoms with Crippen LogP contribution >= 0.6 is 0 Å². The molecule has 0 spiro atoms. The van der Waals surface area contributed by atoms with Crippen LogP contribution in [-0.2, 0) is 13.7 Å². The molecule has 2 rings (SSSR count). The van der Waals surface area contributed by atoms with Gasteiger partial charge >= 0.3 is 5.97 Å². The summed E-state index contributed by atoms with van der Waals surface area (Å²) in [5.41, 5.74) is 2.07. The standard InChI is InChI=1S/C13H14N2O3/c1-9-3-4-11(13(16)17)5-12(9)18-8-10-6-14-15(2)7-10/h3-7H,8H2,1-2H3,(H,16,17). The normalized spacial score (nSPS) is 10.3. The first-order chi connectivity index (χ1) is 8.56. The second-order valence-corrected chi connectivity index (χ2v) is 4.10. The number of hydrogen-bond acceptors (Lipinski definition) is 3. The van der Waals surface area contributed by atoms with Crippen molar-refractivity contribution in [2.45, 2.75) is 13.5 Å². The monoisotopic (exact) mass is 246 g/mol. The van der Waals surface area contributed by atoms with E-state index < -0.39 is 5.97 Å². The zero-order valence-corrected chi connectivity index (χ0v) is 10.3. The Kier molecular flexibility index (Phi) is 3.32. The van der Waals surface area contributed by atoms with Gasteiger partial charge in [0.05, 0.1) is 11.8 Å². The molecule has 0 amide bonds. The Bertz CT molecular complexity index is 575. The van der Waals surface area contributed by atoms with E-state index in [1.807, 2.05) is 20.2 Å². The van der Waals surface area contributed by atoms with Crippen molar-refractivity contribution in [1.82, 2.24) is 9.78 Å². The highest BCUT2D eigenvalue weighted by Gasteiger charge is 2.07. The number of carboxylic acids is 1. The van der Waals surface area contributed by atoms with Gasteiger partial charge in [0, 0.05) is 18.8 Å². The summed E-state index contributed by atoms with van der Waals surface area (Å²) in [4.78, 5) is 10.9. The molecule has 0 bridgehead atoms. The summed E-state index contributed by atoms with van der Waals surface area (Å²) in [5.74, 6) is -0.375. The van der Waals surface area contributed by atoms with Crippen molar-refractivity contribution in [1.29, 1.82) is 0 Å². The van der Waals surface area contributed by atoms with E-state index in [0.29, 0.717) is 12.4 Å². The lowest BCUT2D eigenvalue weighted by molar-refractivity contribution is 0.0696. The average molecular weight is 246 g/mol. The lowest BCUT2D eigenvalue weighted by Crippen LogP contribution is -2.00. The first-order valence-electron chi connectivity index (χ1n) is 5.50. The van der Waals surface area contributed by atoms with Gasteiger partial charge in [0.2, 0.25) is 0 Å². The molecule has 0 fully saturated rings. The number of aromatic carboxylic acids is 1. The number of rotatable bonds is 4. The summed E-state index contributed by atoms with van der Waals surface area (Å²) in [5, 5.41) is 13.0. The predicted octanol–water partition coefficient (Wildman–Crippen LogP) is 2.01. The van der Waals surface area contributed by atoms with Gasteiger partial charge in [-0.25, -0.2) is 4.79 Å². The number of aromatic nitrogens is 2. The summed E-state index contributed by atoms with van der Waals surface area (Å²) in [7, 11) is 1.83. The van der Waals surface area contributed by atoms with E-state index in [4.69, 9.17) is 9.84 Å². The fraction of sp³-hybridized carbons (Fsp3) is 0.231. The molecule has 1 aromatic carbocycles. The molecule has 1 heterocycles. The zero-order chi connectivity index (χ0) is 13.1. The third-order valence-corrected chi connectivity index (χ3v) is 2.59. The minimum absolute atomic E-state index is 0.224. The molecular formula is C13H14N2O3. The van der Waals surface area contributed by atoms with Crippen LogP contribution in [0.1, 0.15) is 21.5 Å². The Labute approximate surface area is 105 Å². The summed E-state index contributed by atoms with van der Waals surface area (Å²) >= 11 is 0. The summed E-state index contributed by atoms with van der Waals surface area (Å²) < 4.78 is 7.30. The highest BCUT2D eigenvalue weighted by Crippen LogP contribution is 2.20. The van der Waals surface area contributed by atoms with E-state index in [2.05, 4.69) is 5.10 Å². The Morgan fingerprint density at radius 2 is 2.28 bits per heavy atom. The molecule has 0 saturated heterocycles. The number of carbonyl (C=O) groups is 1. The average Bonchev–Trinajstić information content (AvgIpc) is 2.74. The Balaban J connectivity index is 2.13. The number of benzene rings is 1. The SMILES string of the molecule is Cc1ccc(C(=O)O)cc1OCc1cnn(C)c1. The quantitative estimate of drug-likeness (QED) is 0.896. The first kappa shape index (κ1) is 12.2. The van der Waals surface area contributed by atoms with E-state index >= 15 is 0 Å². The molecule has 0 atom stereocenters. The summed E-state index contributed by atoms with van der Waals surface area (Å²) in [6.45, 7) is 2.25. The van der Waals surface area contributed by atoms with Crippen LogP contribution in [0, 0.1) is 6.92 Å². The van der Waals surface area contributed by atoms with E-state index in [1.165, 1.54) is 6.07 Å². The Morgan fingerprint density at radius 3 is 2.89 bits per heavy atom. The second kappa shape index (κ2) is 4.91. The molecule has 5 heteroatoms. The highest BCUT2D eigenvalue weighted by molar-refractivity contribution is 5.88. The first-order valence-corrected chi connectivity index (χ1v) is 5.50. The van der Waals surface area contributed by atoms with E-state index in [-0.39, 0.29) is 5.56 Å². The van der Waals surface area contributed by atoms with Gasteiger partial charge in [-0.3, -0.25) is 4.68 Å². The van der Waals surface area contributed by atoms with Crippen LogP contribution in [-0.4, -0.2) is 20.9 Å². The van der Waals surface area contributed by atoms with Crippen molar-refractivity contribution < 1.29 is 14.6 Å². The zero-order valence-electron chi connectivity index (χ0n) is 10.3. The van der Waals surface area contributed by atoms with E-state index in [9.17, 15) is 4.79 Å². The molecular weight excluding hydrogens is 232 g/mol. The minimum Gasteiger partial charge on any atom is -0.488 e. The van der Waals surface area contributed by atoms with Crippen LogP contribution in [0.2, 0.25) is 0 Å². The van der Waals surface area contributed by atoms with Crippen LogP contribution in [0.4, 0.5) is 0 Å². The molecule has 18 heavy (non-hydrogen) atoms. The van der Waals surface area contributed by atoms with Gasteiger partial charge in [-0.15, -0.1) is 0 Å². The third kappa shape index (κ3) is 2.68. The van der Waals surface area contributed by atoms with Gasteiger partial charge in [0.1, 0.15) is 12.4 Å². The lowest BCUT2D eigenvalue weighted by atomic mass is 10.1. The number of carboxylic acid groups (broad SMARTS) is 1. The van der Waals surface area contributed by atoms with E-state index in [0.717, 1.165) is 11.1 Å². The molecule has 0 saturated carbocycles. The van der Waals surface area contributed by atoms with Crippen molar-refractivity contribution in [2.24, 2.45) is 7.05 Å². The summed E-state index contributed by atoms with van der Waals surface area (Å²) in [6, 6.07) is 4.84. The van der Waals surface area contributed by atoms with Crippen LogP contribution < -0.4 is 4.74 Å². The van der Waals surface area contributed by atoms with Crippen LogP contribution in [0.25, 0.3) is 0 Å². The molecule has 5 nitrogen and oxygen atoms in total. The lowest BCUT2D eigenvalue weighted by Gasteiger charge is -2.08. The molecule has 1 N–H and O–H groups in total. The van der Waals surface area contributed by atoms with Crippen molar-refractivity contribution in [3.05, 3.63) is 47.3 Å². The van der Waals surface area contributed by atoms with Crippen LogP contribution in [0.3, 0.4) is 0 Å². The van der Waals surface area contributed by atoms with Gasteiger partial charge < -0.3 is 9.84 Å². The maximum Gasteiger partial charge on any atom is 0.335 e. The second-order valence-electron chi connectivity index (χ2n) is 4.10. The molecule has 2 aromatic rings. The smallest absolute Gasteiger partial charge is 0.335 e. The topological polar surface area (TPSA) is 64.3 Å². The molecule has 0 radical (unpaired) electrons. The highest BCUT2D eigenvalue weighted by atomic mass is 16.5. The van der Waals surface area contributed by atoms with Gasteiger partial charge in [-0.1, -0.05) is 6.07 Å². The van der Waals surface area contributed by atoms with Gasteiger partial charge in [-0.2, -0.15) is 5.10 Å². The largest absolute Gasteiger partial charge is 0.488 e. The van der Waals surface area contributed by atoms with Crippen LogP contribution in [0.5, 0.6) is 5.75 Å². The van der Waals surface area contributed by atoms with E-state index in [1.54, 1.807) is 23.0 Å². The molecule has 0 aliphatic carbocycles. The summed E-state index contributed by atoms with van der Waals surface area (Å²) in [6.07, 6.45) is 3.58. The Morgan fingerprint density at radius 1 is 1.50 bits per heavy atom.